The van der Waals surface area contributed by atoms with Crippen LogP contribution in [-0.4, -0.2) is 27.0 Å². The van der Waals surface area contributed by atoms with Crippen LogP contribution in [0.3, 0.4) is 0 Å². The number of carbonyl (C=O) groups is 1. The molecule has 1 aromatic carbocycles. The Morgan fingerprint density at radius 2 is 2.25 bits per heavy atom. The molecule has 0 aliphatic rings. The molecule has 0 fully saturated rings. The Hall–Kier alpha value is -2.54. The number of thiazole rings is 1. The molecule has 0 aliphatic heterocycles. The lowest BCUT2D eigenvalue weighted by atomic mass is 10.3. The summed E-state index contributed by atoms with van der Waals surface area (Å²) in [5.74, 6) is 0.323. The minimum Gasteiger partial charge on any atom is -0.352 e. The van der Waals surface area contributed by atoms with Gasteiger partial charge >= 0.3 is 0 Å². The van der Waals surface area contributed by atoms with E-state index in [0.29, 0.717) is 18.5 Å². The molecule has 0 unspecified atom stereocenters. The lowest BCUT2D eigenvalue weighted by Crippen LogP contribution is -2.24. The molecule has 124 valence electrons. The summed E-state index contributed by atoms with van der Waals surface area (Å²) in [5, 5.41) is 5.68. The molecule has 2 heterocycles. The first kappa shape index (κ1) is 16.3. The maximum absolute atomic E-state index is 13.2. The SMILES string of the molecule is Cc1nc(C=CC(=O)NCCc2nc3cc(F)ccc3n2C)cs1. The van der Waals surface area contributed by atoms with Crippen molar-refractivity contribution >= 4 is 34.4 Å². The van der Waals surface area contributed by atoms with Crippen LogP contribution in [0, 0.1) is 12.7 Å². The number of nitrogens with one attached hydrogen (secondary N) is 1. The molecule has 2 aromatic heterocycles. The largest absolute Gasteiger partial charge is 0.352 e. The Balaban J connectivity index is 1.57. The fraction of sp³-hybridized carbons (Fsp3) is 0.235. The normalized spacial score (nSPS) is 11.5. The van der Waals surface area contributed by atoms with Gasteiger partial charge in [0.2, 0.25) is 5.91 Å². The smallest absolute Gasteiger partial charge is 0.244 e. The van der Waals surface area contributed by atoms with Crippen LogP contribution < -0.4 is 5.32 Å². The number of imidazole rings is 1. The van der Waals surface area contributed by atoms with Crippen LogP contribution in [0.2, 0.25) is 0 Å². The van der Waals surface area contributed by atoms with Gasteiger partial charge in [-0.05, 0) is 25.1 Å². The second kappa shape index (κ2) is 6.92. The maximum Gasteiger partial charge on any atom is 0.244 e. The third-order valence-corrected chi connectivity index (χ3v) is 4.42. The minimum absolute atomic E-state index is 0.175. The number of benzene rings is 1. The van der Waals surface area contributed by atoms with Crippen molar-refractivity contribution in [3.63, 3.8) is 0 Å². The number of amides is 1. The lowest BCUT2D eigenvalue weighted by molar-refractivity contribution is -0.116. The van der Waals surface area contributed by atoms with Crippen molar-refractivity contribution in [2.75, 3.05) is 6.54 Å². The number of nitrogens with zero attached hydrogens (tertiary/aromatic N) is 3. The van der Waals surface area contributed by atoms with Gasteiger partial charge in [0.1, 0.15) is 11.6 Å². The topological polar surface area (TPSA) is 59.8 Å². The molecule has 0 radical (unpaired) electrons. The van der Waals surface area contributed by atoms with Gasteiger partial charge in [0, 0.05) is 37.5 Å². The van der Waals surface area contributed by atoms with Gasteiger partial charge in [-0.15, -0.1) is 11.3 Å². The van der Waals surface area contributed by atoms with Crippen LogP contribution in [0.25, 0.3) is 17.1 Å². The number of aromatic nitrogens is 3. The van der Waals surface area contributed by atoms with Crippen molar-refractivity contribution in [3.8, 4) is 0 Å². The average molecular weight is 344 g/mol. The highest BCUT2D eigenvalue weighted by molar-refractivity contribution is 7.09. The molecule has 3 rings (SSSR count). The Morgan fingerprint density at radius 3 is 3.00 bits per heavy atom. The molecule has 0 bridgehead atoms. The Labute approximate surface area is 142 Å². The van der Waals surface area contributed by atoms with E-state index in [1.807, 2.05) is 23.9 Å². The van der Waals surface area contributed by atoms with Crippen molar-refractivity contribution in [3.05, 3.63) is 52.0 Å². The van der Waals surface area contributed by atoms with E-state index in [2.05, 4.69) is 15.3 Å². The van der Waals surface area contributed by atoms with Gasteiger partial charge in [0.25, 0.3) is 0 Å². The molecule has 0 saturated carbocycles. The van der Waals surface area contributed by atoms with Crippen molar-refractivity contribution in [1.29, 1.82) is 0 Å². The van der Waals surface area contributed by atoms with Gasteiger partial charge in [-0.3, -0.25) is 4.79 Å². The molecule has 5 nitrogen and oxygen atoms in total. The van der Waals surface area contributed by atoms with Crippen LogP contribution in [0.15, 0.2) is 29.7 Å². The summed E-state index contributed by atoms with van der Waals surface area (Å²) in [7, 11) is 1.88. The Morgan fingerprint density at radius 1 is 1.42 bits per heavy atom. The molecule has 0 atom stereocenters. The monoisotopic (exact) mass is 344 g/mol. The predicted molar refractivity (Wildman–Crippen MR) is 93.3 cm³/mol. The Bertz CT molecular complexity index is 913. The van der Waals surface area contributed by atoms with E-state index >= 15 is 0 Å². The highest BCUT2D eigenvalue weighted by Gasteiger charge is 2.08. The zero-order chi connectivity index (χ0) is 17.1. The molecular formula is C17H17FN4OS. The number of fused-ring (bicyclic) bond motifs is 1. The molecule has 3 aromatic rings. The van der Waals surface area contributed by atoms with E-state index in [9.17, 15) is 9.18 Å². The van der Waals surface area contributed by atoms with E-state index < -0.39 is 0 Å². The number of halogens is 1. The van der Waals surface area contributed by atoms with E-state index in [4.69, 9.17) is 0 Å². The van der Waals surface area contributed by atoms with Gasteiger partial charge in [0.15, 0.2) is 0 Å². The minimum atomic E-state index is -0.303. The highest BCUT2D eigenvalue weighted by atomic mass is 32.1. The zero-order valence-electron chi connectivity index (χ0n) is 13.4. The Kier molecular flexibility index (Phi) is 4.71. The average Bonchev–Trinajstić information content (AvgIpc) is 3.09. The quantitative estimate of drug-likeness (QED) is 0.724. The van der Waals surface area contributed by atoms with Crippen molar-refractivity contribution in [1.82, 2.24) is 19.9 Å². The summed E-state index contributed by atoms with van der Waals surface area (Å²) in [6.45, 7) is 2.38. The fourth-order valence-electron chi connectivity index (χ4n) is 2.42. The van der Waals surface area contributed by atoms with Gasteiger partial charge in [-0.1, -0.05) is 0 Å². The standard InChI is InChI=1S/C17H17FN4OS/c1-11-20-13(10-24-11)4-6-17(23)19-8-7-16-21-14-9-12(18)3-5-15(14)22(16)2/h3-6,9-10H,7-8H2,1-2H3,(H,19,23). The van der Waals surface area contributed by atoms with Gasteiger partial charge in [-0.2, -0.15) is 0 Å². The number of hydrogen-bond acceptors (Lipinski definition) is 4. The molecule has 0 spiro atoms. The van der Waals surface area contributed by atoms with Gasteiger partial charge < -0.3 is 9.88 Å². The first-order chi connectivity index (χ1) is 11.5. The second-order valence-electron chi connectivity index (χ2n) is 5.39. The van der Waals surface area contributed by atoms with Crippen molar-refractivity contribution in [2.24, 2.45) is 7.05 Å². The van der Waals surface area contributed by atoms with Crippen LogP contribution >= 0.6 is 11.3 Å². The van der Waals surface area contributed by atoms with Gasteiger partial charge in [-0.25, -0.2) is 14.4 Å². The first-order valence-corrected chi connectivity index (χ1v) is 8.40. The molecule has 7 heteroatoms. The number of rotatable bonds is 5. The molecule has 0 saturated heterocycles. The third kappa shape index (κ3) is 3.68. The number of carbonyl (C=O) groups excluding carboxylic acids is 1. The first-order valence-electron chi connectivity index (χ1n) is 7.52. The lowest BCUT2D eigenvalue weighted by Gasteiger charge is -2.03. The van der Waals surface area contributed by atoms with Crippen LogP contribution in [0.1, 0.15) is 16.5 Å². The van der Waals surface area contributed by atoms with Gasteiger partial charge in [0.05, 0.1) is 21.7 Å². The maximum atomic E-state index is 13.2. The summed E-state index contributed by atoms with van der Waals surface area (Å²) in [5.41, 5.74) is 2.28. The van der Waals surface area contributed by atoms with E-state index in [1.165, 1.54) is 18.2 Å². The van der Waals surface area contributed by atoms with Crippen molar-refractivity contribution < 1.29 is 9.18 Å². The zero-order valence-corrected chi connectivity index (χ0v) is 14.2. The van der Waals surface area contributed by atoms with E-state index in [-0.39, 0.29) is 11.7 Å². The highest BCUT2D eigenvalue weighted by Crippen LogP contribution is 2.16. The van der Waals surface area contributed by atoms with Crippen molar-refractivity contribution in [2.45, 2.75) is 13.3 Å². The molecule has 1 N–H and O–H groups in total. The summed E-state index contributed by atoms with van der Waals surface area (Å²) in [4.78, 5) is 20.5. The van der Waals surface area contributed by atoms with Crippen LogP contribution in [0.4, 0.5) is 4.39 Å². The van der Waals surface area contributed by atoms with Crippen LogP contribution in [0.5, 0.6) is 0 Å². The van der Waals surface area contributed by atoms with E-state index in [0.717, 1.165) is 22.0 Å². The number of aryl methyl sites for hydroxylation is 2. The number of hydrogen-bond donors (Lipinski definition) is 1. The predicted octanol–water partition coefficient (Wildman–Crippen LogP) is 2.85. The van der Waals surface area contributed by atoms with Crippen LogP contribution in [-0.2, 0) is 18.3 Å². The summed E-state index contributed by atoms with van der Waals surface area (Å²) in [6, 6.07) is 4.54. The third-order valence-electron chi connectivity index (χ3n) is 3.63. The fourth-order valence-corrected chi connectivity index (χ4v) is 3.00. The summed E-state index contributed by atoms with van der Waals surface area (Å²) < 4.78 is 15.2. The molecule has 1 amide bonds. The van der Waals surface area contributed by atoms with E-state index in [1.54, 1.807) is 23.5 Å². The second-order valence-corrected chi connectivity index (χ2v) is 6.45. The molecule has 0 aliphatic carbocycles. The molecule has 24 heavy (non-hydrogen) atoms. The summed E-state index contributed by atoms with van der Waals surface area (Å²) >= 11 is 1.54. The molecular weight excluding hydrogens is 327 g/mol. The summed E-state index contributed by atoms with van der Waals surface area (Å²) in [6.07, 6.45) is 3.73.